The van der Waals surface area contributed by atoms with Crippen molar-refractivity contribution in [3.05, 3.63) is 28.3 Å². The van der Waals surface area contributed by atoms with Gasteiger partial charge < -0.3 is 10.2 Å². The topological polar surface area (TPSA) is 49.4 Å². The Balaban J connectivity index is 2.17. The molecule has 0 aromatic heterocycles. The van der Waals surface area contributed by atoms with E-state index in [0.717, 1.165) is 30.4 Å². The van der Waals surface area contributed by atoms with Crippen molar-refractivity contribution in [2.45, 2.75) is 59.0 Å². The average molecular weight is 323 g/mol. The molecule has 0 aliphatic carbocycles. The Labute approximate surface area is 136 Å². The van der Waals surface area contributed by atoms with Crippen LogP contribution in [-0.2, 0) is 9.59 Å². The maximum absolute atomic E-state index is 12.5. The van der Waals surface area contributed by atoms with Crippen LogP contribution in [0.15, 0.2) is 12.1 Å². The van der Waals surface area contributed by atoms with Gasteiger partial charge in [0.25, 0.3) is 0 Å². The van der Waals surface area contributed by atoms with Gasteiger partial charge in [0.15, 0.2) is 0 Å². The fourth-order valence-electron chi connectivity index (χ4n) is 3.18. The van der Waals surface area contributed by atoms with Crippen molar-refractivity contribution in [1.29, 1.82) is 0 Å². The highest BCUT2D eigenvalue weighted by Gasteiger charge is 2.33. The van der Waals surface area contributed by atoms with Crippen LogP contribution < -0.4 is 5.32 Å². The fraction of sp³-hybridized carbons (Fsp3) is 0.529. The fourth-order valence-corrected chi connectivity index (χ4v) is 3.55. The molecule has 0 spiro atoms. The monoisotopic (exact) mass is 322 g/mol. The molecular formula is C17H23ClN2O2. The third-order valence-corrected chi connectivity index (χ3v) is 4.59. The number of amides is 2. The van der Waals surface area contributed by atoms with Crippen LogP contribution in [0.3, 0.4) is 0 Å². The van der Waals surface area contributed by atoms with Gasteiger partial charge in [-0.25, -0.2) is 0 Å². The Morgan fingerprint density at radius 3 is 2.32 bits per heavy atom. The summed E-state index contributed by atoms with van der Waals surface area (Å²) in [5.41, 5.74) is 2.39. The second-order valence-corrected chi connectivity index (χ2v) is 6.64. The largest absolute Gasteiger partial charge is 0.329 e. The number of carbonyl (C=O) groups excluding carboxylic acids is 2. The quantitative estimate of drug-likeness (QED) is 0.802. The zero-order valence-corrected chi connectivity index (χ0v) is 14.3. The Hall–Kier alpha value is -1.55. The van der Waals surface area contributed by atoms with Crippen LogP contribution in [0.5, 0.6) is 0 Å². The van der Waals surface area contributed by atoms with Gasteiger partial charge in [-0.1, -0.05) is 17.7 Å². The minimum Gasteiger partial charge on any atom is -0.329 e. The predicted molar refractivity (Wildman–Crippen MR) is 89.2 cm³/mol. The Morgan fingerprint density at radius 2 is 1.77 bits per heavy atom. The van der Waals surface area contributed by atoms with Crippen molar-refractivity contribution in [3.8, 4) is 0 Å². The third kappa shape index (κ3) is 3.43. The molecule has 1 N–H and O–H groups in total. The maximum atomic E-state index is 12.5. The normalized spacial score (nSPS) is 21.6. The number of carbonyl (C=O) groups is 2. The molecule has 1 saturated heterocycles. The summed E-state index contributed by atoms with van der Waals surface area (Å²) in [6.07, 6.45) is 2.97. The molecule has 0 bridgehead atoms. The van der Waals surface area contributed by atoms with Crippen LogP contribution in [0.1, 0.15) is 44.2 Å². The molecule has 120 valence electrons. The second-order valence-electron chi connectivity index (χ2n) is 6.23. The van der Waals surface area contributed by atoms with E-state index in [9.17, 15) is 9.59 Å². The standard InChI is InChI=1S/C17H23ClN2O2/c1-10-8-11(2)15(14(18)9-10)19-16(21)17(22)20-12(3)6-5-7-13(20)4/h8-9,12-13H,5-7H2,1-4H3,(H,19,21). The van der Waals surface area contributed by atoms with Crippen molar-refractivity contribution in [3.63, 3.8) is 0 Å². The van der Waals surface area contributed by atoms with Crippen LogP contribution in [0.2, 0.25) is 5.02 Å². The predicted octanol–water partition coefficient (Wildman–Crippen LogP) is 3.68. The number of hydrogen-bond donors (Lipinski definition) is 1. The lowest BCUT2D eigenvalue weighted by Gasteiger charge is -2.38. The number of anilines is 1. The molecule has 2 rings (SSSR count). The van der Waals surface area contributed by atoms with Crippen LogP contribution in [0.25, 0.3) is 0 Å². The molecule has 1 fully saturated rings. The molecule has 0 saturated carbocycles. The Kier molecular flexibility index (Phi) is 5.12. The van der Waals surface area contributed by atoms with E-state index in [2.05, 4.69) is 5.32 Å². The smallest absolute Gasteiger partial charge is 0.313 e. The van der Waals surface area contributed by atoms with Crippen molar-refractivity contribution >= 4 is 29.1 Å². The summed E-state index contributed by atoms with van der Waals surface area (Å²) in [5.74, 6) is -1.09. The minimum absolute atomic E-state index is 0.0941. The first kappa shape index (κ1) is 16.8. The summed E-state index contributed by atoms with van der Waals surface area (Å²) in [6.45, 7) is 7.79. The molecule has 22 heavy (non-hydrogen) atoms. The number of piperidine rings is 1. The van der Waals surface area contributed by atoms with Gasteiger partial charge in [-0.2, -0.15) is 0 Å². The number of nitrogens with one attached hydrogen (secondary N) is 1. The summed E-state index contributed by atoms with van der Waals surface area (Å²) < 4.78 is 0. The summed E-state index contributed by atoms with van der Waals surface area (Å²) in [4.78, 5) is 26.5. The Morgan fingerprint density at radius 1 is 1.18 bits per heavy atom. The van der Waals surface area contributed by atoms with E-state index in [4.69, 9.17) is 11.6 Å². The molecule has 4 nitrogen and oxygen atoms in total. The highest BCUT2D eigenvalue weighted by Crippen LogP contribution is 2.28. The first-order valence-corrected chi connectivity index (χ1v) is 8.09. The SMILES string of the molecule is Cc1cc(C)c(NC(=O)C(=O)N2C(C)CCCC2C)c(Cl)c1. The number of likely N-dealkylation sites (tertiary alicyclic amines) is 1. The zero-order chi connectivity index (χ0) is 16.4. The summed E-state index contributed by atoms with van der Waals surface area (Å²) in [5, 5.41) is 3.14. The van der Waals surface area contributed by atoms with Gasteiger partial charge in [0.2, 0.25) is 0 Å². The van der Waals surface area contributed by atoms with E-state index in [1.165, 1.54) is 0 Å². The minimum atomic E-state index is -0.616. The van der Waals surface area contributed by atoms with E-state index in [-0.39, 0.29) is 12.1 Å². The zero-order valence-electron chi connectivity index (χ0n) is 13.6. The van der Waals surface area contributed by atoms with E-state index < -0.39 is 11.8 Å². The molecule has 5 heteroatoms. The molecule has 1 aromatic rings. The molecule has 1 aliphatic rings. The lowest BCUT2D eigenvalue weighted by molar-refractivity contribution is -0.147. The molecule has 0 radical (unpaired) electrons. The van der Waals surface area contributed by atoms with Crippen molar-refractivity contribution in [2.75, 3.05) is 5.32 Å². The van der Waals surface area contributed by atoms with E-state index in [1.807, 2.05) is 33.8 Å². The number of halogens is 1. The van der Waals surface area contributed by atoms with Gasteiger partial charge in [-0.3, -0.25) is 9.59 Å². The molecule has 1 heterocycles. The number of rotatable bonds is 1. The summed E-state index contributed by atoms with van der Waals surface area (Å²) >= 11 is 6.19. The average Bonchev–Trinajstić information content (AvgIpc) is 2.42. The number of nitrogens with zero attached hydrogens (tertiary/aromatic N) is 1. The maximum Gasteiger partial charge on any atom is 0.313 e. The molecular weight excluding hydrogens is 300 g/mol. The van der Waals surface area contributed by atoms with Gasteiger partial charge in [0.05, 0.1) is 10.7 Å². The van der Waals surface area contributed by atoms with Gasteiger partial charge in [0.1, 0.15) is 0 Å². The first-order valence-electron chi connectivity index (χ1n) is 7.71. The van der Waals surface area contributed by atoms with Gasteiger partial charge >= 0.3 is 11.8 Å². The molecule has 2 unspecified atom stereocenters. The van der Waals surface area contributed by atoms with Crippen molar-refractivity contribution in [2.24, 2.45) is 0 Å². The highest BCUT2D eigenvalue weighted by atomic mass is 35.5. The van der Waals surface area contributed by atoms with Crippen LogP contribution >= 0.6 is 11.6 Å². The van der Waals surface area contributed by atoms with Gasteiger partial charge in [0, 0.05) is 12.1 Å². The van der Waals surface area contributed by atoms with Crippen molar-refractivity contribution in [1.82, 2.24) is 4.90 Å². The van der Waals surface area contributed by atoms with Crippen LogP contribution in [0, 0.1) is 13.8 Å². The second kappa shape index (κ2) is 6.69. The highest BCUT2D eigenvalue weighted by molar-refractivity contribution is 6.41. The lowest BCUT2D eigenvalue weighted by atomic mass is 9.97. The lowest BCUT2D eigenvalue weighted by Crippen LogP contribution is -2.51. The molecule has 1 aliphatic heterocycles. The van der Waals surface area contributed by atoms with E-state index in [0.29, 0.717) is 10.7 Å². The number of benzene rings is 1. The first-order chi connectivity index (χ1) is 10.3. The van der Waals surface area contributed by atoms with Crippen molar-refractivity contribution < 1.29 is 9.59 Å². The van der Waals surface area contributed by atoms with Crippen LogP contribution in [-0.4, -0.2) is 28.8 Å². The van der Waals surface area contributed by atoms with E-state index in [1.54, 1.807) is 11.0 Å². The molecule has 2 atom stereocenters. The number of hydrogen-bond acceptors (Lipinski definition) is 2. The molecule has 2 amide bonds. The summed E-state index contributed by atoms with van der Waals surface area (Å²) in [7, 11) is 0. The van der Waals surface area contributed by atoms with E-state index >= 15 is 0 Å². The Bertz CT molecular complexity index is 567. The van der Waals surface area contributed by atoms with Gasteiger partial charge in [-0.05, 0) is 64.2 Å². The molecule has 1 aromatic carbocycles. The third-order valence-electron chi connectivity index (χ3n) is 4.29. The summed E-state index contributed by atoms with van der Waals surface area (Å²) in [6, 6.07) is 3.90. The van der Waals surface area contributed by atoms with Crippen LogP contribution in [0.4, 0.5) is 5.69 Å². The number of aryl methyl sites for hydroxylation is 2. The van der Waals surface area contributed by atoms with Gasteiger partial charge in [-0.15, -0.1) is 0 Å².